The van der Waals surface area contributed by atoms with Gasteiger partial charge in [0.25, 0.3) is 6.47 Å². The van der Waals surface area contributed by atoms with Crippen LogP contribution in [0.1, 0.15) is 11.7 Å². The van der Waals surface area contributed by atoms with Crippen LogP contribution in [0.25, 0.3) is 0 Å². The van der Waals surface area contributed by atoms with E-state index in [1.165, 1.54) is 0 Å². The molecule has 0 saturated heterocycles. The average Bonchev–Trinajstić information content (AvgIpc) is 2.07. The SMILES string of the molecule is [CH2]C(OC=O)c1ccccc1. The predicted molar refractivity (Wildman–Crippen MR) is 41.7 cm³/mol. The van der Waals surface area contributed by atoms with Gasteiger partial charge in [-0.15, -0.1) is 0 Å². The van der Waals surface area contributed by atoms with Crippen molar-refractivity contribution < 1.29 is 9.53 Å². The molecule has 2 nitrogen and oxygen atoms in total. The predicted octanol–water partition coefficient (Wildman–Crippen LogP) is 1.73. The van der Waals surface area contributed by atoms with Gasteiger partial charge in [-0.25, -0.2) is 0 Å². The first kappa shape index (κ1) is 7.79. The molecule has 0 aliphatic heterocycles. The molecule has 1 rings (SSSR count). The van der Waals surface area contributed by atoms with Gasteiger partial charge < -0.3 is 4.74 Å². The molecule has 0 spiro atoms. The molecule has 1 aromatic rings. The van der Waals surface area contributed by atoms with Gasteiger partial charge in [-0.2, -0.15) is 0 Å². The number of carbonyl (C=O) groups is 1. The molecule has 0 N–H and O–H groups in total. The largest absolute Gasteiger partial charge is 0.460 e. The molecule has 11 heavy (non-hydrogen) atoms. The molecule has 0 bridgehead atoms. The standard InChI is InChI=1S/C9H9O2/c1-8(11-7-10)9-5-3-2-4-6-9/h2-8H,1H2. The molecule has 0 aliphatic carbocycles. The maximum atomic E-state index is 9.93. The topological polar surface area (TPSA) is 26.3 Å². The highest BCUT2D eigenvalue weighted by atomic mass is 16.5. The number of carbonyl (C=O) groups excluding carboxylic acids is 1. The van der Waals surface area contributed by atoms with E-state index in [1.807, 2.05) is 30.3 Å². The van der Waals surface area contributed by atoms with Gasteiger partial charge >= 0.3 is 0 Å². The second kappa shape index (κ2) is 3.76. The fraction of sp³-hybridized carbons (Fsp3) is 0.111. The van der Waals surface area contributed by atoms with Crippen LogP contribution in [0.4, 0.5) is 0 Å². The Balaban J connectivity index is 2.68. The molecule has 0 fully saturated rings. The first-order valence-electron chi connectivity index (χ1n) is 3.31. The van der Waals surface area contributed by atoms with Gasteiger partial charge in [0.2, 0.25) is 0 Å². The van der Waals surface area contributed by atoms with Crippen molar-refractivity contribution in [1.82, 2.24) is 0 Å². The zero-order chi connectivity index (χ0) is 8.10. The molecule has 1 unspecified atom stereocenters. The molecule has 1 atom stereocenters. The Morgan fingerprint density at radius 1 is 1.36 bits per heavy atom. The highest BCUT2D eigenvalue weighted by Crippen LogP contribution is 2.13. The first-order valence-corrected chi connectivity index (χ1v) is 3.31. The number of rotatable bonds is 3. The number of benzene rings is 1. The summed E-state index contributed by atoms with van der Waals surface area (Å²) in [6.45, 7) is 4.05. The lowest BCUT2D eigenvalue weighted by Crippen LogP contribution is -1.97. The van der Waals surface area contributed by atoms with Gasteiger partial charge in [0, 0.05) is 0 Å². The maximum Gasteiger partial charge on any atom is 0.293 e. The molecular formula is C9H9O2. The van der Waals surface area contributed by atoms with Gasteiger partial charge in [0.05, 0.1) is 0 Å². The zero-order valence-electron chi connectivity index (χ0n) is 6.07. The third-order valence-electron chi connectivity index (χ3n) is 1.39. The molecular weight excluding hydrogens is 140 g/mol. The highest BCUT2D eigenvalue weighted by molar-refractivity contribution is 5.38. The molecule has 0 aromatic heterocycles. The van der Waals surface area contributed by atoms with Crippen molar-refractivity contribution in [3.8, 4) is 0 Å². The summed E-state index contributed by atoms with van der Waals surface area (Å²) < 4.78 is 4.64. The van der Waals surface area contributed by atoms with Crippen LogP contribution in [0.15, 0.2) is 30.3 Å². The summed E-state index contributed by atoms with van der Waals surface area (Å²) in [5, 5.41) is 0. The summed E-state index contributed by atoms with van der Waals surface area (Å²) in [5.41, 5.74) is 0.902. The molecule has 0 amide bonds. The molecule has 57 valence electrons. The zero-order valence-corrected chi connectivity index (χ0v) is 6.07. The Kier molecular flexibility index (Phi) is 2.66. The Bertz CT molecular complexity index is 218. The van der Waals surface area contributed by atoms with Crippen molar-refractivity contribution in [2.75, 3.05) is 0 Å². The minimum atomic E-state index is -0.395. The Hall–Kier alpha value is -1.31. The van der Waals surface area contributed by atoms with Crippen LogP contribution >= 0.6 is 0 Å². The average molecular weight is 149 g/mol. The van der Waals surface area contributed by atoms with Gasteiger partial charge in [0.15, 0.2) is 0 Å². The van der Waals surface area contributed by atoms with Gasteiger partial charge in [-0.05, 0) is 12.5 Å². The van der Waals surface area contributed by atoms with Crippen LogP contribution in [0.5, 0.6) is 0 Å². The van der Waals surface area contributed by atoms with E-state index in [1.54, 1.807) is 0 Å². The van der Waals surface area contributed by atoms with Gasteiger partial charge in [-0.1, -0.05) is 30.3 Å². The number of ether oxygens (including phenoxy) is 1. The smallest absolute Gasteiger partial charge is 0.293 e. The Morgan fingerprint density at radius 2 is 2.00 bits per heavy atom. The summed E-state index contributed by atoms with van der Waals surface area (Å²) in [4.78, 5) is 9.93. The van der Waals surface area contributed by atoms with E-state index in [-0.39, 0.29) is 0 Å². The van der Waals surface area contributed by atoms with E-state index < -0.39 is 6.10 Å². The lowest BCUT2D eigenvalue weighted by Gasteiger charge is -2.07. The van der Waals surface area contributed by atoms with Crippen LogP contribution in [0, 0.1) is 6.92 Å². The lowest BCUT2D eigenvalue weighted by molar-refractivity contribution is -0.131. The summed E-state index contributed by atoms with van der Waals surface area (Å²) in [7, 11) is 0. The number of hydrogen-bond acceptors (Lipinski definition) is 2. The second-order valence-corrected chi connectivity index (χ2v) is 2.13. The van der Waals surface area contributed by atoms with Crippen molar-refractivity contribution >= 4 is 6.47 Å². The van der Waals surface area contributed by atoms with Crippen molar-refractivity contribution in [2.24, 2.45) is 0 Å². The fourth-order valence-electron chi connectivity index (χ4n) is 0.813. The van der Waals surface area contributed by atoms with Crippen LogP contribution in [-0.2, 0) is 9.53 Å². The minimum Gasteiger partial charge on any atom is -0.460 e. The highest BCUT2D eigenvalue weighted by Gasteiger charge is 2.02. The van der Waals surface area contributed by atoms with Crippen molar-refractivity contribution in [1.29, 1.82) is 0 Å². The first-order chi connectivity index (χ1) is 5.34. The van der Waals surface area contributed by atoms with Gasteiger partial charge in [0.1, 0.15) is 6.10 Å². The molecule has 0 saturated carbocycles. The third kappa shape index (κ3) is 2.08. The van der Waals surface area contributed by atoms with E-state index in [2.05, 4.69) is 11.7 Å². The summed E-state index contributed by atoms with van der Waals surface area (Å²) in [5.74, 6) is 0. The molecule has 1 radical (unpaired) electrons. The van der Waals surface area contributed by atoms with Crippen molar-refractivity contribution in [2.45, 2.75) is 6.10 Å². The maximum absolute atomic E-state index is 9.93. The molecule has 0 aliphatic rings. The van der Waals surface area contributed by atoms with Crippen LogP contribution in [-0.4, -0.2) is 6.47 Å². The normalized spacial score (nSPS) is 12.1. The van der Waals surface area contributed by atoms with Crippen LogP contribution < -0.4 is 0 Å². The molecule has 1 aromatic carbocycles. The summed E-state index contributed by atoms with van der Waals surface area (Å²) >= 11 is 0. The fourth-order valence-corrected chi connectivity index (χ4v) is 0.813. The summed E-state index contributed by atoms with van der Waals surface area (Å²) in [6, 6.07) is 9.38. The Labute approximate surface area is 65.8 Å². The van der Waals surface area contributed by atoms with E-state index >= 15 is 0 Å². The second-order valence-electron chi connectivity index (χ2n) is 2.13. The van der Waals surface area contributed by atoms with Crippen LogP contribution in [0.2, 0.25) is 0 Å². The van der Waals surface area contributed by atoms with Gasteiger partial charge in [-0.3, -0.25) is 4.79 Å². The van der Waals surface area contributed by atoms with Crippen molar-refractivity contribution in [3.63, 3.8) is 0 Å². The number of hydrogen-bond donors (Lipinski definition) is 0. The Morgan fingerprint density at radius 3 is 2.55 bits per heavy atom. The van der Waals surface area contributed by atoms with E-state index in [4.69, 9.17) is 0 Å². The lowest BCUT2D eigenvalue weighted by atomic mass is 10.1. The monoisotopic (exact) mass is 149 g/mol. The third-order valence-corrected chi connectivity index (χ3v) is 1.39. The molecule has 2 heteroatoms. The van der Waals surface area contributed by atoms with E-state index in [9.17, 15) is 4.79 Å². The quantitative estimate of drug-likeness (QED) is 0.612. The van der Waals surface area contributed by atoms with E-state index in [0.29, 0.717) is 6.47 Å². The minimum absolute atomic E-state index is 0.395. The van der Waals surface area contributed by atoms with E-state index in [0.717, 1.165) is 5.56 Å². The van der Waals surface area contributed by atoms with Crippen molar-refractivity contribution in [3.05, 3.63) is 42.8 Å². The molecule has 0 heterocycles. The van der Waals surface area contributed by atoms with Crippen LogP contribution in [0.3, 0.4) is 0 Å². The summed E-state index contributed by atoms with van der Waals surface area (Å²) in [6.07, 6.45) is -0.395.